The van der Waals surface area contributed by atoms with E-state index in [1.165, 1.54) is 0 Å². The number of rotatable bonds is 7. The maximum atomic E-state index is 11.2. The van der Waals surface area contributed by atoms with E-state index in [1.807, 2.05) is 0 Å². The molecule has 6 heteroatoms. The summed E-state index contributed by atoms with van der Waals surface area (Å²) in [6.07, 6.45) is 5.88. The van der Waals surface area contributed by atoms with E-state index < -0.39 is 0 Å². The fraction of sp³-hybridized carbons (Fsp3) is 0.714. The molecule has 0 radical (unpaired) electrons. The Kier molecular flexibility index (Phi) is 7.72. The van der Waals surface area contributed by atoms with Gasteiger partial charge in [-0.3, -0.25) is 4.79 Å². The van der Waals surface area contributed by atoms with E-state index in [1.54, 1.807) is 7.05 Å². The van der Waals surface area contributed by atoms with Gasteiger partial charge in [0.05, 0.1) is 11.8 Å². The Bertz CT molecular complexity index is 356. The zero-order valence-corrected chi connectivity index (χ0v) is 12.1. The fourth-order valence-corrected chi connectivity index (χ4v) is 2.27. The van der Waals surface area contributed by atoms with Gasteiger partial charge in [0.2, 0.25) is 5.91 Å². The molecule has 0 aromatic rings. The lowest BCUT2D eigenvalue weighted by Crippen LogP contribution is -2.31. The lowest BCUT2D eigenvalue weighted by atomic mass is 9.99. The lowest BCUT2D eigenvalue weighted by Gasteiger charge is -2.24. The number of nitrogens with two attached hydrogens (primary N) is 1. The quantitative estimate of drug-likeness (QED) is 0.589. The Hall–Kier alpha value is -1.56. The number of carbonyl (C=O) groups is 2. The topological polar surface area (TPSA) is 93.5 Å². The van der Waals surface area contributed by atoms with Gasteiger partial charge in [0.25, 0.3) is 0 Å². The van der Waals surface area contributed by atoms with E-state index in [4.69, 9.17) is 10.5 Å². The minimum absolute atomic E-state index is 0.00345. The maximum absolute atomic E-state index is 11.2. The molecule has 1 aliphatic rings. The second-order valence-corrected chi connectivity index (χ2v) is 4.87. The van der Waals surface area contributed by atoms with Gasteiger partial charge < -0.3 is 25.9 Å². The first-order chi connectivity index (χ1) is 9.69. The first-order valence-electron chi connectivity index (χ1n) is 7.17. The van der Waals surface area contributed by atoms with Crippen LogP contribution in [0.2, 0.25) is 0 Å². The van der Waals surface area contributed by atoms with Gasteiger partial charge >= 0.3 is 0 Å². The van der Waals surface area contributed by atoms with Crippen molar-refractivity contribution in [3.8, 4) is 0 Å². The minimum atomic E-state index is -0.206. The van der Waals surface area contributed by atoms with Crippen LogP contribution in [0.15, 0.2) is 11.4 Å². The number of hydrogen-bond donors (Lipinski definition) is 3. The molecule has 0 aromatic heterocycles. The zero-order chi connectivity index (χ0) is 14.8. The highest BCUT2D eigenvalue weighted by Crippen LogP contribution is 2.21. The molecule has 1 atom stereocenters. The molecular formula is C14H25N3O3. The predicted molar refractivity (Wildman–Crippen MR) is 76.8 cm³/mol. The highest BCUT2D eigenvalue weighted by Gasteiger charge is 2.18. The van der Waals surface area contributed by atoms with Crippen LogP contribution in [0.3, 0.4) is 0 Å². The van der Waals surface area contributed by atoms with E-state index in [0.29, 0.717) is 18.7 Å². The number of allylic oxidation sites excluding steroid dienone is 1. The third-order valence-corrected chi connectivity index (χ3v) is 3.42. The molecular weight excluding hydrogens is 258 g/mol. The molecule has 1 aliphatic carbocycles. The van der Waals surface area contributed by atoms with Crippen LogP contribution < -0.4 is 16.4 Å². The van der Waals surface area contributed by atoms with Crippen molar-refractivity contribution >= 4 is 12.2 Å². The van der Waals surface area contributed by atoms with Gasteiger partial charge in [-0.15, -0.1) is 0 Å². The van der Waals surface area contributed by atoms with E-state index in [9.17, 15) is 9.59 Å². The molecule has 1 rings (SSSR count). The molecule has 1 unspecified atom stereocenters. The smallest absolute Gasteiger partial charge is 0.221 e. The van der Waals surface area contributed by atoms with Crippen LogP contribution in [0.4, 0.5) is 0 Å². The summed E-state index contributed by atoms with van der Waals surface area (Å²) in [4.78, 5) is 21.6. The summed E-state index contributed by atoms with van der Waals surface area (Å²) in [6.45, 7) is 0.618. The largest absolute Gasteiger partial charge is 0.399 e. The summed E-state index contributed by atoms with van der Waals surface area (Å²) >= 11 is 0. The Labute approximate surface area is 120 Å². The number of nitrogens with one attached hydrogen (secondary N) is 2. The summed E-state index contributed by atoms with van der Waals surface area (Å²) in [7, 11) is 1.62. The summed E-state index contributed by atoms with van der Waals surface area (Å²) in [5.74, 6) is -0.00345. The van der Waals surface area contributed by atoms with E-state index in [0.717, 1.165) is 44.1 Å². The molecule has 0 aromatic carbocycles. The number of hydrogen-bond acceptors (Lipinski definition) is 5. The van der Waals surface area contributed by atoms with Crippen LogP contribution in [-0.4, -0.2) is 38.5 Å². The Balaban J connectivity index is 2.62. The third kappa shape index (κ3) is 5.61. The van der Waals surface area contributed by atoms with Crippen molar-refractivity contribution in [1.82, 2.24) is 10.6 Å². The van der Waals surface area contributed by atoms with Crippen LogP contribution in [0, 0.1) is 0 Å². The second kappa shape index (κ2) is 9.36. The van der Waals surface area contributed by atoms with Gasteiger partial charge in [-0.2, -0.15) is 0 Å². The molecule has 0 saturated heterocycles. The van der Waals surface area contributed by atoms with Crippen LogP contribution in [0.1, 0.15) is 38.5 Å². The molecule has 4 N–H and O–H groups in total. The summed E-state index contributed by atoms with van der Waals surface area (Å²) in [5, 5.41) is 5.82. The predicted octanol–water partition coefficient (Wildman–Crippen LogP) is 0.431. The Morgan fingerprint density at radius 1 is 1.45 bits per heavy atom. The number of amides is 1. The molecule has 0 saturated carbocycles. The van der Waals surface area contributed by atoms with Gasteiger partial charge in [-0.05, 0) is 19.3 Å². The van der Waals surface area contributed by atoms with E-state index in [-0.39, 0.29) is 18.6 Å². The van der Waals surface area contributed by atoms with E-state index >= 15 is 0 Å². The summed E-state index contributed by atoms with van der Waals surface area (Å²) in [6, 6.07) is 0. The van der Waals surface area contributed by atoms with Crippen LogP contribution >= 0.6 is 0 Å². The Morgan fingerprint density at radius 3 is 2.95 bits per heavy atom. The highest BCUT2D eigenvalue weighted by atomic mass is 16.5. The second-order valence-electron chi connectivity index (χ2n) is 4.87. The molecule has 0 bridgehead atoms. The number of ether oxygens (including phenoxy) is 1. The minimum Gasteiger partial charge on any atom is -0.399 e. The van der Waals surface area contributed by atoms with Crippen molar-refractivity contribution in [1.29, 1.82) is 0 Å². The van der Waals surface area contributed by atoms with Crippen LogP contribution in [0.5, 0.6) is 0 Å². The zero-order valence-electron chi connectivity index (χ0n) is 12.1. The van der Waals surface area contributed by atoms with Gasteiger partial charge in [-0.1, -0.05) is 12.8 Å². The Morgan fingerprint density at radius 2 is 2.25 bits per heavy atom. The van der Waals surface area contributed by atoms with Gasteiger partial charge in [0.15, 0.2) is 0 Å². The SMILES string of the molecule is CNC(=O)CCN/C1=C(\N)C(OCC=O)CCCCC1. The first-order valence-corrected chi connectivity index (χ1v) is 7.17. The first kappa shape index (κ1) is 16.5. The molecule has 0 heterocycles. The van der Waals surface area contributed by atoms with Crippen molar-refractivity contribution in [2.24, 2.45) is 5.73 Å². The van der Waals surface area contributed by atoms with Crippen LogP contribution in [-0.2, 0) is 14.3 Å². The summed E-state index contributed by atoms with van der Waals surface area (Å²) in [5.41, 5.74) is 7.78. The standard InChI is InChI=1S/C14H25N3O3/c1-16-13(19)7-8-17-11-5-3-2-4-6-12(14(11)15)20-10-9-18/h9,12,17H,2-8,10,15H2,1H3,(H,16,19)/b14-11-. The van der Waals surface area contributed by atoms with Crippen molar-refractivity contribution in [2.75, 3.05) is 20.2 Å². The summed E-state index contributed by atoms with van der Waals surface area (Å²) < 4.78 is 5.49. The highest BCUT2D eigenvalue weighted by molar-refractivity contribution is 5.75. The maximum Gasteiger partial charge on any atom is 0.221 e. The van der Waals surface area contributed by atoms with Gasteiger partial charge in [0.1, 0.15) is 12.9 Å². The van der Waals surface area contributed by atoms with Crippen LogP contribution in [0.25, 0.3) is 0 Å². The molecule has 0 fully saturated rings. The van der Waals surface area contributed by atoms with Crippen molar-refractivity contribution < 1.29 is 14.3 Å². The van der Waals surface area contributed by atoms with Crippen molar-refractivity contribution in [3.05, 3.63) is 11.4 Å². The molecule has 0 aliphatic heterocycles. The fourth-order valence-electron chi connectivity index (χ4n) is 2.27. The molecule has 114 valence electrons. The van der Waals surface area contributed by atoms with Crippen molar-refractivity contribution in [2.45, 2.75) is 44.6 Å². The molecule has 1 amide bonds. The lowest BCUT2D eigenvalue weighted by molar-refractivity contribution is -0.120. The van der Waals surface area contributed by atoms with Crippen molar-refractivity contribution in [3.63, 3.8) is 0 Å². The van der Waals surface area contributed by atoms with E-state index in [2.05, 4.69) is 10.6 Å². The molecule has 0 spiro atoms. The number of aldehydes is 1. The average molecular weight is 283 g/mol. The molecule has 6 nitrogen and oxygen atoms in total. The number of carbonyl (C=O) groups excluding carboxylic acids is 2. The average Bonchev–Trinajstić information content (AvgIpc) is 2.45. The monoisotopic (exact) mass is 283 g/mol. The van der Waals surface area contributed by atoms with Gasteiger partial charge in [-0.25, -0.2) is 0 Å². The third-order valence-electron chi connectivity index (χ3n) is 3.42. The normalized spacial score (nSPS) is 23.6. The molecule has 20 heavy (non-hydrogen) atoms. The van der Waals surface area contributed by atoms with Gasteiger partial charge in [0, 0.05) is 25.7 Å².